The van der Waals surface area contributed by atoms with Crippen molar-refractivity contribution in [3.05, 3.63) is 24.3 Å². The Morgan fingerprint density at radius 1 is 0.469 bits per heavy atom. The highest BCUT2D eigenvalue weighted by molar-refractivity contribution is 5.89. The first-order chi connectivity index (χ1) is 15.7. The number of hydrogen-bond donors (Lipinski definition) is 2. The number of allylic oxidation sites excluding steroid dienone is 2. The van der Waals surface area contributed by atoms with Gasteiger partial charge in [0.1, 0.15) is 0 Å². The minimum Gasteiger partial charge on any atom is -0.353 e. The Kier molecular flexibility index (Phi) is 24.4. The highest BCUT2D eigenvalue weighted by Gasteiger charge is 1.97. The second-order valence-electron chi connectivity index (χ2n) is 8.96. The Bertz CT molecular complexity index is 442. The van der Waals surface area contributed by atoms with E-state index in [-0.39, 0.29) is 11.8 Å². The molecule has 2 N–H and O–H groups in total. The molecule has 32 heavy (non-hydrogen) atoms. The van der Waals surface area contributed by atoms with Crippen LogP contribution in [0.5, 0.6) is 0 Å². The first-order valence-electron chi connectivity index (χ1n) is 13.6. The minimum absolute atomic E-state index is 0.0932. The van der Waals surface area contributed by atoms with Crippen LogP contribution in [-0.4, -0.2) is 24.9 Å². The molecule has 0 fully saturated rings. The fourth-order valence-corrected chi connectivity index (χ4v) is 3.70. The predicted octanol–water partition coefficient (Wildman–Crippen LogP) is 7.39. The van der Waals surface area contributed by atoms with E-state index in [0.717, 1.165) is 25.9 Å². The highest BCUT2D eigenvalue weighted by atomic mass is 16.2. The molecule has 2 amide bonds. The maximum atomic E-state index is 11.8. The number of hydrogen-bond acceptors (Lipinski definition) is 2. The standard InChI is InChI=1S/C28H52N2O2/c1-3-5-7-9-11-13-15-17-21-25-29-27(31)23-19-20-24-28(32)30-26-22-18-16-14-12-10-8-6-4-2/h19-20,23-24H,3-18,21-22,25-26H2,1-2H3,(H,29,31)(H,30,32)/b23-19-,24-20-. The average Bonchev–Trinajstić information content (AvgIpc) is 2.79. The van der Waals surface area contributed by atoms with E-state index in [0.29, 0.717) is 0 Å². The lowest BCUT2D eigenvalue weighted by Crippen LogP contribution is -2.22. The molecule has 0 aliphatic heterocycles. The summed E-state index contributed by atoms with van der Waals surface area (Å²) in [5.41, 5.74) is 0. The summed E-state index contributed by atoms with van der Waals surface area (Å²) in [5, 5.41) is 5.80. The van der Waals surface area contributed by atoms with Crippen molar-refractivity contribution in [2.45, 2.75) is 129 Å². The topological polar surface area (TPSA) is 58.2 Å². The second kappa shape index (κ2) is 25.7. The summed E-state index contributed by atoms with van der Waals surface area (Å²) in [6.07, 6.45) is 29.3. The van der Waals surface area contributed by atoms with Crippen LogP contribution in [-0.2, 0) is 9.59 Å². The van der Waals surface area contributed by atoms with Crippen molar-refractivity contribution in [3.63, 3.8) is 0 Å². The molecule has 0 heterocycles. The van der Waals surface area contributed by atoms with Crippen LogP contribution in [0.25, 0.3) is 0 Å². The van der Waals surface area contributed by atoms with Gasteiger partial charge in [-0.15, -0.1) is 0 Å². The Hall–Kier alpha value is -1.58. The number of nitrogens with one attached hydrogen (secondary N) is 2. The first kappa shape index (κ1) is 30.4. The fraction of sp³-hybridized carbons (Fsp3) is 0.786. The fourth-order valence-electron chi connectivity index (χ4n) is 3.70. The van der Waals surface area contributed by atoms with Crippen LogP contribution in [0.15, 0.2) is 24.3 Å². The predicted molar refractivity (Wildman–Crippen MR) is 139 cm³/mol. The van der Waals surface area contributed by atoms with Crippen LogP contribution in [0, 0.1) is 0 Å². The van der Waals surface area contributed by atoms with Crippen molar-refractivity contribution in [2.75, 3.05) is 13.1 Å². The third-order valence-corrected chi connectivity index (χ3v) is 5.77. The van der Waals surface area contributed by atoms with Gasteiger partial charge in [-0.3, -0.25) is 9.59 Å². The molecule has 186 valence electrons. The maximum Gasteiger partial charge on any atom is 0.243 e. The Morgan fingerprint density at radius 2 is 0.750 bits per heavy atom. The molecule has 0 saturated heterocycles. The van der Waals surface area contributed by atoms with Crippen LogP contribution in [0.1, 0.15) is 129 Å². The van der Waals surface area contributed by atoms with E-state index >= 15 is 0 Å². The molecule has 0 atom stereocenters. The molecule has 0 radical (unpaired) electrons. The lowest BCUT2D eigenvalue weighted by Gasteiger charge is -2.03. The normalized spacial score (nSPS) is 11.4. The lowest BCUT2D eigenvalue weighted by molar-refractivity contribution is -0.117. The van der Waals surface area contributed by atoms with Gasteiger partial charge in [-0.1, -0.05) is 129 Å². The Morgan fingerprint density at radius 3 is 1.06 bits per heavy atom. The molecule has 4 nitrogen and oxygen atoms in total. The van der Waals surface area contributed by atoms with Gasteiger partial charge in [0.25, 0.3) is 0 Å². The number of amides is 2. The zero-order valence-electron chi connectivity index (χ0n) is 21.3. The van der Waals surface area contributed by atoms with Crippen molar-refractivity contribution >= 4 is 11.8 Å². The molecular formula is C28H52N2O2. The Balaban J connectivity index is 3.48. The van der Waals surface area contributed by atoms with Gasteiger partial charge in [-0.2, -0.15) is 0 Å². The van der Waals surface area contributed by atoms with Gasteiger partial charge < -0.3 is 10.6 Å². The molecule has 0 aromatic rings. The number of rotatable bonds is 23. The van der Waals surface area contributed by atoms with Crippen molar-refractivity contribution in [1.82, 2.24) is 10.6 Å². The third kappa shape index (κ3) is 24.7. The van der Waals surface area contributed by atoms with Gasteiger partial charge in [0.05, 0.1) is 0 Å². The van der Waals surface area contributed by atoms with E-state index in [1.165, 1.54) is 115 Å². The van der Waals surface area contributed by atoms with E-state index in [1.807, 2.05) is 0 Å². The minimum atomic E-state index is -0.0932. The van der Waals surface area contributed by atoms with Crippen LogP contribution < -0.4 is 10.6 Å². The molecular weight excluding hydrogens is 396 g/mol. The quantitative estimate of drug-likeness (QED) is 0.0972. The Labute approximate surface area is 199 Å². The van der Waals surface area contributed by atoms with Crippen molar-refractivity contribution in [2.24, 2.45) is 0 Å². The van der Waals surface area contributed by atoms with Gasteiger partial charge in [-0.05, 0) is 12.8 Å². The zero-order chi connectivity index (χ0) is 23.5. The summed E-state index contributed by atoms with van der Waals surface area (Å²) in [5.74, 6) is -0.186. The molecule has 0 saturated carbocycles. The molecule has 0 unspecified atom stereocenters. The number of carbonyl (C=O) groups is 2. The summed E-state index contributed by atoms with van der Waals surface area (Å²) in [7, 11) is 0. The van der Waals surface area contributed by atoms with Gasteiger partial charge in [0.2, 0.25) is 11.8 Å². The van der Waals surface area contributed by atoms with E-state index in [9.17, 15) is 9.59 Å². The van der Waals surface area contributed by atoms with Crippen LogP contribution in [0.2, 0.25) is 0 Å². The van der Waals surface area contributed by atoms with Gasteiger partial charge in [-0.25, -0.2) is 0 Å². The molecule has 0 rings (SSSR count). The second-order valence-corrected chi connectivity index (χ2v) is 8.96. The molecule has 0 aromatic carbocycles. The largest absolute Gasteiger partial charge is 0.353 e. The van der Waals surface area contributed by atoms with E-state index < -0.39 is 0 Å². The van der Waals surface area contributed by atoms with Crippen molar-refractivity contribution in [3.8, 4) is 0 Å². The van der Waals surface area contributed by atoms with E-state index in [4.69, 9.17) is 0 Å². The van der Waals surface area contributed by atoms with Crippen LogP contribution >= 0.6 is 0 Å². The smallest absolute Gasteiger partial charge is 0.243 e. The monoisotopic (exact) mass is 448 g/mol. The molecule has 0 spiro atoms. The molecule has 0 aliphatic rings. The summed E-state index contributed by atoms with van der Waals surface area (Å²) < 4.78 is 0. The van der Waals surface area contributed by atoms with Crippen molar-refractivity contribution in [1.29, 1.82) is 0 Å². The average molecular weight is 449 g/mol. The zero-order valence-corrected chi connectivity index (χ0v) is 21.3. The highest BCUT2D eigenvalue weighted by Crippen LogP contribution is 2.10. The summed E-state index contributed by atoms with van der Waals surface area (Å²) in [4.78, 5) is 23.5. The van der Waals surface area contributed by atoms with Gasteiger partial charge in [0, 0.05) is 25.2 Å². The number of unbranched alkanes of at least 4 members (excludes halogenated alkanes) is 16. The number of carbonyl (C=O) groups excluding carboxylic acids is 2. The SMILES string of the molecule is CCCCCCCCCCCNC(=O)/C=C\C=C/C(=O)NCCCCCCCCCCC. The summed E-state index contributed by atoms with van der Waals surface area (Å²) in [6, 6.07) is 0. The van der Waals surface area contributed by atoms with Crippen molar-refractivity contribution < 1.29 is 9.59 Å². The van der Waals surface area contributed by atoms with Gasteiger partial charge >= 0.3 is 0 Å². The molecule has 4 heteroatoms. The molecule has 0 bridgehead atoms. The molecule has 0 aliphatic carbocycles. The summed E-state index contributed by atoms with van der Waals surface area (Å²) >= 11 is 0. The molecule has 0 aromatic heterocycles. The maximum absolute atomic E-state index is 11.8. The van der Waals surface area contributed by atoms with Crippen LogP contribution in [0.3, 0.4) is 0 Å². The van der Waals surface area contributed by atoms with Crippen LogP contribution in [0.4, 0.5) is 0 Å². The third-order valence-electron chi connectivity index (χ3n) is 5.77. The lowest BCUT2D eigenvalue weighted by atomic mass is 10.1. The first-order valence-corrected chi connectivity index (χ1v) is 13.6. The summed E-state index contributed by atoms with van der Waals surface area (Å²) in [6.45, 7) is 5.94. The van der Waals surface area contributed by atoms with E-state index in [2.05, 4.69) is 24.5 Å². The van der Waals surface area contributed by atoms with Gasteiger partial charge in [0.15, 0.2) is 0 Å². The van der Waals surface area contributed by atoms with E-state index in [1.54, 1.807) is 12.2 Å².